The smallest absolute Gasteiger partial charge is 0.255 e. The number of phenols is 1. The van der Waals surface area contributed by atoms with Crippen molar-refractivity contribution in [1.82, 2.24) is 20.0 Å². The van der Waals surface area contributed by atoms with Crippen molar-refractivity contribution < 1.29 is 29.0 Å². The van der Waals surface area contributed by atoms with E-state index in [0.29, 0.717) is 37.5 Å². The van der Waals surface area contributed by atoms with Crippen LogP contribution in [0, 0.1) is 0 Å². The fourth-order valence-electron chi connectivity index (χ4n) is 7.53. The number of imide groups is 1. The Morgan fingerprint density at radius 1 is 0.755 bits per heavy atom. The number of allylic oxidation sites excluding steroid dienone is 1. The molecular formula is C43H46N4O6. The standard InChI is InChI=1S/C43H46N4O6/c1-2-35(30-7-4-3-5-8-30)41(31-11-15-33(48)16-12-31)32-13-17-34(18-14-32)52-27-25-45-21-23-46(24-22-45)26-28-53-39-10-6-9-36-37(39)29-47(43(36)51)38-19-20-40(49)44-42(38)50/h3-18,38,48H,2,19-29H2,1H3,(H,44,49,50). The molecule has 3 heterocycles. The van der Waals surface area contributed by atoms with Crippen LogP contribution < -0.4 is 14.8 Å². The number of fused-ring (bicyclic) bond motifs is 1. The minimum atomic E-state index is -0.643. The van der Waals surface area contributed by atoms with Crippen molar-refractivity contribution in [2.45, 2.75) is 38.8 Å². The van der Waals surface area contributed by atoms with Crippen molar-refractivity contribution >= 4 is 28.9 Å². The Bertz CT molecular complexity index is 1950. The van der Waals surface area contributed by atoms with E-state index in [0.717, 1.165) is 73.7 Å². The third kappa shape index (κ3) is 8.29. The zero-order chi connectivity index (χ0) is 36.7. The molecule has 10 nitrogen and oxygen atoms in total. The molecule has 10 heteroatoms. The largest absolute Gasteiger partial charge is 0.508 e. The van der Waals surface area contributed by atoms with Gasteiger partial charge in [-0.15, -0.1) is 0 Å². The molecule has 3 aliphatic rings. The lowest BCUT2D eigenvalue weighted by Gasteiger charge is -2.34. The Kier molecular flexibility index (Phi) is 11.2. The molecule has 0 aromatic heterocycles. The first-order valence-corrected chi connectivity index (χ1v) is 18.5. The first-order chi connectivity index (χ1) is 25.9. The van der Waals surface area contributed by atoms with Crippen molar-refractivity contribution in [3.63, 3.8) is 0 Å². The highest BCUT2D eigenvalue weighted by Crippen LogP contribution is 2.36. The molecule has 2 N–H and O–H groups in total. The molecule has 4 aromatic rings. The van der Waals surface area contributed by atoms with Gasteiger partial charge in [0, 0.05) is 56.8 Å². The lowest BCUT2D eigenvalue weighted by molar-refractivity contribution is -0.136. The number of piperidine rings is 1. The number of carbonyl (C=O) groups is 3. The molecule has 3 aliphatic heterocycles. The molecule has 0 bridgehead atoms. The summed E-state index contributed by atoms with van der Waals surface area (Å²) < 4.78 is 12.4. The number of aromatic hydroxyl groups is 1. The number of carbonyl (C=O) groups excluding carboxylic acids is 3. The van der Waals surface area contributed by atoms with Gasteiger partial charge in [-0.2, -0.15) is 0 Å². The third-order valence-electron chi connectivity index (χ3n) is 10.4. The average molecular weight is 715 g/mol. The molecule has 4 aromatic carbocycles. The van der Waals surface area contributed by atoms with Crippen molar-refractivity contribution in [3.8, 4) is 17.2 Å². The predicted octanol–water partition coefficient (Wildman–Crippen LogP) is 5.60. The molecule has 2 saturated heterocycles. The van der Waals surface area contributed by atoms with Crippen molar-refractivity contribution in [1.29, 1.82) is 0 Å². The van der Waals surface area contributed by atoms with E-state index in [9.17, 15) is 19.5 Å². The Morgan fingerprint density at radius 3 is 2.04 bits per heavy atom. The van der Waals surface area contributed by atoms with Crippen LogP contribution in [0.25, 0.3) is 11.1 Å². The Hall–Kier alpha value is -5.45. The second kappa shape index (κ2) is 16.5. The van der Waals surface area contributed by atoms with Gasteiger partial charge in [0.1, 0.15) is 36.5 Å². The molecule has 2 fully saturated rings. The van der Waals surface area contributed by atoms with Crippen molar-refractivity contribution in [3.05, 3.63) is 125 Å². The number of phenolic OH excluding ortho intramolecular Hbond substituents is 1. The van der Waals surface area contributed by atoms with Crippen LogP contribution in [0.4, 0.5) is 0 Å². The van der Waals surface area contributed by atoms with Crippen LogP contribution in [-0.2, 0) is 16.1 Å². The summed E-state index contributed by atoms with van der Waals surface area (Å²) in [6, 6.07) is 31.0. The minimum Gasteiger partial charge on any atom is -0.508 e. The summed E-state index contributed by atoms with van der Waals surface area (Å²) in [5.74, 6) is 0.849. The second-order valence-corrected chi connectivity index (χ2v) is 13.7. The van der Waals surface area contributed by atoms with Crippen molar-refractivity contribution in [2.24, 2.45) is 0 Å². The van der Waals surface area contributed by atoms with Gasteiger partial charge in [0.15, 0.2) is 0 Å². The van der Waals surface area contributed by atoms with Crippen LogP contribution >= 0.6 is 0 Å². The molecule has 1 unspecified atom stereocenters. The molecule has 3 amide bonds. The van der Waals surface area contributed by atoms with E-state index in [4.69, 9.17) is 9.47 Å². The second-order valence-electron chi connectivity index (χ2n) is 13.7. The van der Waals surface area contributed by atoms with Gasteiger partial charge in [-0.05, 0) is 77.1 Å². The first-order valence-electron chi connectivity index (χ1n) is 18.5. The maximum Gasteiger partial charge on any atom is 0.255 e. The van der Waals surface area contributed by atoms with Crippen LogP contribution in [0.3, 0.4) is 0 Å². The normalized spacial score (nSPS) is 18.4. The van der Waals surface area contributed by atoms with E-state index in [1.807, 2.05) is 42.5 Å². The van der Waals surface area contributed by atoms with Gasteiger partial charge in [-0.1, -0.05) is 67.6 Å². The SMILES string of the molecule is CCC(=C(c1ccc(O)cc1)c1ccc(OCCN2CCN(CCOc3cccc4c3CN(C3CCC(=O)NC3=O)C4=O)CC2)cc1)c1ccccc1. The topological polar surface area (TPSA) is 112 Å². The fourth-order valence-corrected chi connectivity index (χ4v) is 7.53. The number of ether oxygens (including phenoxy) is 2. The third-order valence-corrected chi connectivity index (χ3v) is 10.4. The number of hydrogen-bond acceptors (Lipinski definition) is 8. The highest BCUT2D eigenvalue weighted by atomic mass is 16.5. The maximum atomic E-state index is 13.1. The molecule has 0 spiro atoms. The number of amides is 3. The lowest BCUT2D eigenvalue weighted by Crippen LogP contribution is -2.52. The first kappa shape index (κ1) is 35.9. The summed E-state index contributed by atoms with van der Waals surface area (Å²) in [4.78, 5) is 43.5. The molecule has 7 rings (SSSR count). The van der Waals surface area contributed by atoms with Crippen LogP contribution in [0.2, 0.25) is 0 Å². The van der Waals surface area contributed by atoms with E-state index >= 15 is 0 Å². The summed E-state index contributed by atoms with van der Waals surface area (Å²) in [6.07, 6.45) is 1.43. The summed E-state index contributed by atoms with van der Waals surface area (Å²) >= 11 is 0. The number of nitrogens with one attached hydrogen (secondary N) is 1. The highest BCUT2D eigenvalue weighted by molar-refractivity contribution is 6.05. The van der Waals surface area contributed by atoms with Gasteiger partial charge >= 0.3 is 0 Å². The molecule has 274 valence electrons. The van der Waals surface area contributed by atoms with E-state index in [1.165, 1.54) is 11.1 Å². The van der Waals surface area contributed by atoms with Gasteiger partial charge in [-0.25, -0.2) is 0 Å². The molecule has 1 atom stereocenters. The van der Waals surface area contributed by atoms with Crippen LogP contribution in [0.1, 0.15) is 58.8 Å². The lowest BCUT2D eigenvalue weighted by atomic mass is 9.88. The van der Waals surface area contributed by atoms with Crippen LogP contribution in [-0.4, -0.2) is 96.1 Å². The predicted molar refractivity (Wildman–Crippen MR) is 204 cm³/mol. The molecule has 53 heavy (non-hydrogen) atoms. The average Bonchev–Trinajstić information content (AvgIpc) is 3.52. The molecule has 0 radical (unpaired) electrons. The fraction of sp³-hybridized carbons (Fsp3) is 0.326. The molecular weight excluding hydrogens is 668 g/mol. The number of nitrogens with zero attached hydrogens (tertiary/aromatic N) is 3. The van der Waals surface area contributed by atoms with Gasteiger partial charge < -0.3 is 19.5 Å². The Labute approximate surface area is 310 Å². The van der Waals surface area contributed by atoms with Crippen LogP contribution in [0.5, 0.6) is 17.2 Å². The molecule has 0 saturated carbocycles. The number of piperazine rings is 1. The summed E-state index contributed by atoms with van der Waals surface area (Å²) in [5, 5.41) is 12.3. The maximum absolute atomic E-state index is 13.1. The summed E-state index contributed by atoms with van der Waals surface area (Å²) in [7, 11) is 0. The van der Waals surface area contributed by atoms with Gasteiger partial charge in [0.2, 0.25) is 11.8 Å². The Morgan fingerprint density at radius 2 is 1.40 bits per heavy atom. The van der Waals surface area contributed by atoms with E-state index < -0.39 is 11.9 Å². The molecule has 0 aliphatic carbocycles. The van der Waals surface area contributed by atoms with Gasteiger partial charge in [-0.3, -0.25) is 29.5 Å². The number of hydrogen-bond donors (Lipinski definition) is 2. The summed E-state index contributed by atoms with van der Waals surface area (Å²) in [5.41, 5.74) is 7.09. The number of benzene rings is 4. The van der Waals surface area contributed by atoms with Crippen molar-refractivity contribution in [2.75, 3.05) is 52.5 Å². The van der Waals surface area contributed by atoms with E-state index in [-0.39, 0.29) is 24.0 Å². The number of rotatable bonds is 13. The van der Waals surface area contributed by atoms with Gasteiger partial charge in [0.25, 0.3) is 5.91 Å². The van der Waals surface area contributed by atoms with Crippen LogP contribution in [0.15, 0.2) is 97.1 Å². The zero-order valence-corrected chi connectivity index (χ0v) is 30.1. The highest BCUT2D eigenvalue weighted by Gasteiger charge is 2.40. The minimum absolute atomic E-state index is 0.196. The zero-order valence-electron chi connectivity index (χ0n) is 30.1. The van der Waals surface area contributed by atoms with E-state index in [2.05, 4.69) is 58.4 Å². The summed E-state index contributed by atoms with van der Waals surface area (Å²) in [6.45, 7) is 8.93. The quantitative estimate of drug-likeness (QED) is 0.136. The van der Waals surface area contributed by atoms with E-state index in [1.54, 1.807) is 23.1 Å². The van der Waals surface area contributed by atoms with Gasteiger partial charge in [0.05, 0.1) is 6.54 Å². The monoisotopic (exact) mass is 714 g/mol. The Balaban J connectivity index is 0.875.